The number of hydrogen-bond donors (Lipinski definition) is 2. The van der Waals surface area contributed by atoms with E-state index in [1.54, 1.807) is 0 Å². The second-order valence-corrected chi connectivity index (χ2v) is 5.64. The molecule has 0 saturated heterocycles. The van der Waals surface area contributed by atoms with E-state index in [-0.39, 0.29) is 11.9 Å². The Morgan fingerprint density at radius 1 is 1.38 bits per heavy atom. The molecule has 1 heterocycles. The fourth-order valence-corrected chi connectivity index (χ4v) is 2.34. The van der Waals surface area contributed by atoms with Crippen LogP contribution in [0, 0.1) is 6.92 Å². The van der Waals surface area contributed by atoms with Crippen molar-refractivity contribution in [3.8, 4) is 0 Å². The third-order valence-electron chi connectivity index (χ3n) is 3.18. The van der Waals surface area contributed by atoms with Gasteiger partial charge >= 0.3 is 0 Å². The maximum atomic E-state index is 11.9. The minimum absolute atomic E-state index is 0.000909. The molecule has 0 saturated carbocycles. The lowest BCUT2D eigenvalue weighted by molar-refractivity contribution is -0.120. The number of fused-ring (bicyclic) bond motifs is 1. The molecule has 5 nitrogen and oxygen atoms in total. The summed E-state index contributed by atoms with van der Waals surface area (Å²) in [7, 11) is 1.90. The van der Waals surface area contributed by atoms with Crippen molar-refractivity contribution in [2.24, 2.45) is 0 Å². The van der Waals surface area contributed by atoms with Gasteiger partial charge in [0.15, 0.2) is 0 Å². The minimum atomic E-state index is -0.000909. The van der Waals surface area contributed by atoms with Gasteiger partial charge in [0.05, 0.1) is 12.1 Å². The first-order valence-electron chi connectivity index (χ1n) is 7.04. The highest BCUT2D eigenvalue weighted by Gasteiger charge is 2.12. The Labute approximate surface area is 125 Å². The van der Waals surface area contributed by atoms with Gasteiger partial charge in [-0.05, 0) is 45.0 Å². The van der Waals surface area contributed by atoms with Crippen LogP contribution >= 0.6 is 0 Å². The number of aromatic nitrogens is 1. The predicted octanol–water partition coefficient (Wildman–Crippen LogP) is 2.09. The van der Waals surface area contributed by atoms with Gasteiger partial charge < -0.3 is 16.0 Å². The van der Waals surface area contributed by atoms with Gasteiger partial charge in [0.25, 0.3) is 0 Å². The molecule has 0 fully saturated rings. The summed E-state index contributed by atoms with van der Waals surface area (Å²) in [6.07, 6.45) is 0. The molecule has 0 spiro atoms. The first-order valence-corrected chi connectivity index (χ1v) is 7.04. The zero-order valence-corrected chi connectivity index (χ0v) is 13.0. The van der Waals surface area contributed by atoms with Crippen LogP contribution in [0.5, 0.6) is 0 Å². The van der Waals surface area contributed by atoms with Crippen LogP contribution in [0.4, 0.5) is 11.4 Å². The number of likely N-dealkylation sites (N-methyl/N-ethyl adjacent to an activating group) is 1. The lowest BCUT2D eigenvalue weighted by Crippen LogP contribution is -2.38. The van der Waals surface area contributed by atoms with E-state index < -0.39 is 0 Å². The van der Waals surface area contributed by atoms with Gasteiger partial charge in [-0.1, -0.05) is 0 Å². The lowest BCUT2D eigenvalue weighted by atomic mass is 10.1. The molecule has 112 valence electrons. The second kappa shape index (κ2) is 5.99. The number of nitrogens with two attached hydrogens (primary N) is 1. The summed E-state index contributed by atoms with van der Waals surface area (Å²) >= 11 is 0. The maximum Gasteiger partial charge on any atom is 0.239 e. The summed E-state index contributed by atoms with van der Waals surface area (Å²) in [5, 5.41) is 3.86. The first kappa shape index (κ1) is 15.1. The minimum Gasteiger partial charge on any atom is -0.399 e. The number of anilines is 2. The Bertz CT molecular complexity index is 667. The van der Waals surface area contributed by atoms with E-state index in [1.165, 1.54) is 0 Å². The molecular weight excluding hydrogens is 264 g/mol. The van der Waals surface area contributed by atoms with Gasteiger partial charge in [0, 0.05) is 35.5 Å². The number of carbonyl (C=O) groups is 1. The van der Waals surface area contributed by atoms with Crippen molar-refractivity contribution in [1.82, 2.24) is 10.3 Å². The number of nitrogen functional groups attached to an aromatic ring is 1. The number of nitrogens with one attached hydrogen (secondary N) is 1. The van der Waals surface area contributed by atoms with Crippen molar-refractivity contribution in [3.63, 3.8) is 0 Å². The molecule has 0 atom stereocenters. The summed E-state index contributed by atoms with van der Waals surface area (Å²) in [5.74, 6) is -0.000909. The quantitative estimate of drug-likeness (QED) is 0.844. The van der Waals surface area contributed by atoms with Gasteiger partial charge in [-0.3, -0.25) is 9.78 Å². The van der Waals surface area contributed by atoms with Crippen LogP contribution in [0.1, 0.15) is 19.5 Å². The van der Waals surface area contributed by atoms with Crippen LogP contribution in [0.15, 0.2) is 24.3 Å². The van der Waals surface area contributed by atoms with Gasteiger partial charge in [0.1, 0.15) is 0 Å². The number of nitrogens with zero attached hydrogens (tertiary/aromatic N) is 2. The molecule has 0 aliphatic rings. The topological polar surface area (TPSA) is 71.2 Å². The normalized spacial score (nSPS) is 10.9. The number of amides is 1. The highest BCUT2D eigenvalue weighted by atomic mass is 16.2. The van der Waals surface area contributed by atoms with Crippen LogP contribution in [0.2, 0.25) is 0 Å². The average molecular weight is 286 g/mol. The molecule has 2 rings (SSSR count). The highest BCUT2D eigenvalue weighted by molar-refractivity contribution is 5.95. The third-order valence-corrected chi connectivity index (χ3v) is 3.18. The predicted molar refractivity (Wildman–Crippen MR) is 87.4 cm³/mol. The molecule has 1 aromatic heterocycles. The van der Waals surface area contributed by atoms with Crippen LogP contribution in [-0.2, 0) is 4.79 Å². The van der Waals surface area contributed by atoms with E-state index >= 15 is 0 Å². The maximum absolute atomic E-state index is 11.9. The van der Waals surface area contributed by atoms with Crippen molar-refractivity contribution < 1.29 is 4.79 Å². The van der Waals surface area contributed by atoms with Crippen LogP contribution in [0.3, 0.4) is 0 Å². The summed E-state index contributed by atoms with van der Waals surface area (Å²) < 4.78 is 0. The van der Waals surface area contributed by atoms with Gasteiger partial charge in [-0.15, -0.1) is 0 Å². The van der Waals surface area contributed by atoms with Gasteiger partial charge in [-0.2, -0.15) is 0 Å². The van der Waals surface area contributed by atoms with Crippen LogP contribution in [0.25, 0.3) is 10.9 Å². The Morgan fingerprint density at radius 3 is 2.76 bits per heavy atom. The molecule has 5 heteroatoms. The zero-order valence-electron chi connectivity index (χ0n) is 13.0. The molecular formula is C16H22N4O. The Kier molecular flexibility index (Phi) is 4.31. The lowest BCUT2D eigenvalue weighted by Gasteiger charge is -2.22. The summed E-state index contributed by atoms with van der Waals surface area (Å²) in [6.45, 7) is 6.14. The van der Waals surface area contributed by atoms with E-state index in [1.807, 2.05) is 57.0 Å². The number of pyridine rings is 1. The molecule has 21 heavy (non-hydrogen) atoms. The van der Waals surface area contributed by atoms with Crippen molar-refractivity contribution in [2.45, 2.75) is 26.8 Å². The fourth-order valence-electron chi connectivity index (χ4n) is 2.34. The average Bonchev–Trinajstić information content (AvgIpc) is 2.37. The summed E-state index contributed by atoms with van der Waals surface area (Å²) in [5.41, 5.74) is 9.32. The molecule has 0 aliphatic heterocycles. The number of rotatable bonds is 4. The monoisotopic (exact) mass is 286 g/mol. The second-order valence-electron chi connectivity index (χ2n) is 5.64. The Balaban J connectivity index is 2.36. The van der Waals surface area contributed by atoms with Gasteiger partial charge in [0.2, 0.25) is 5.91 Å². The number of benzene rings is 1. The molecule has 0 unspecified atom stereocenters. The SMILES string of the molecule is Cc1cc(N(C)CC(=O)NC(C)C)c2cc(N)ccc2n1. The van der Waals surface area contributed by atoms with E-state index in [0.717, 1.165) is 22.3 Å². The highest BCUT2D eigenvalue weighted by Crippen LogP contribution is 2.27. The van der Waals surface area contributed by atoms with E-state index in [0.29, 0.717) is 12.2 Å². The number of aryl methyl sites for hydroxylation is 1. The molecule has 0 radical (unpaired) electrons. The molecule has 0 bridgehead atoms. The summed E-state index contributed by atoms with van der Waals surface area (Å²) in [6, 6.07) is 7.75. The Morgan fingerprint density at radius 2 is 2.10 bits per heavy atom. The van der Waals surface area contributed by atoms with Crippen LogP contribution < -0.4 is 16.0 Å². The fraction of sp³-hybridized carbons (Fsp3) is 0.375. The molecule has 1 aromatic carbocycles. The smallest absolute Gasteiger partial charge is 0.239 e. The Hall–Kier alpha value is -2.30. The number of carbonyl (C=O) groups excluding carboxylic acids is 1. The molecule has 2 aromatic rings. The third kappa shape index (κ3) is 3.62. The molecule has 0 aliphatic carbocycles. The number of hydrogen-bond acceptors (Lipinski definition) is 4. The van der Waals surface area contributed by atoms with Crippen LogP contribution in [-0.4, -0.2) is 30.5 Å². The van der Waals surface area contributed by atoms with Crippen molar-refractivity contribution in [1.29, 1.82) is 0 Å². The van der Waals surface area contributed by atoms with E-state index in [9.17, 15) is 4.79 Å². The van der Waals surface area contributed by atoms with E-state index in [4.69, 9.17) is 5.73 Å². The van der Waals surface area contributed by atoms with Crippen molar-refractivity contribution in [3.05, 3.63) is 30.0 Å². The van der Waals surface area contributed by atoms with E-state index in [2.05, 4.69) is 10.3 Å². The van der Waals surface area contributed by atoms with Crippen molar-refractivity contribution >= 4 is 28.2 Å². The van der Waals surface area contributed by atoms with Crippen molar-refractivity contribution in [2.75, 3.05) is 24.2 Å². The molecule has 3 N–H and O–H groups in total. The zero-order chi connectivity index (χ0) is 15.6. The standard InChI is InChI=1S/C16H22N4O/c1-10(2)18-16(21)9-20(4)15-7-11(3)19-14-6-5-12(17)8-13(14)15/h5-8,10H,9,17H2,1-4H3,(H,18,21). The largest absolute Gasteiger partial charge is 0.399 e. The van der Waals surface area contributed by atoms with Gasteiger partial charge in [-0.25, -0.2) is 0 Å². The molecule has 1 amide bonds. The first-order chi connectivity index (χ1) is 9.86. The summed E-state index contributed by atoms with van der Waals surface area (Å²) in [4.78, 5) is 18.4.